The van der Waals surface area contributed by atoms with Gasteiger partial charge in [0.1, 0.15) is 5.75 Å². The lowest BCUT2D eigenvalue weighted by Crippen LogP contribution is -2.24. The van der Waals surface area contributed by atoms with Gasteiger partial charge in [-0.15, -0.1) is 11.3 Å². The van der Waals surface area contributed by atoms with Crippen molar-refractivity contribution < 1.29 is 9.53 Å². The van der Waals surface area contributed by atoms with Crippen LogP contribution in [-0.2, 0) is 17.8 Å². The van der Waals surface area contributed by atoms with Gasteiger partial charge in [0.25, 0.3) is 0 Å². The van der Waals surface area contributed by atoms with Crippen LogP contribution >= 0.6 is 27.3 Å². The van der Waals surface area contributed by atoms with Crippen molar-refractivity contribution >= 4 is 38.1 Å². The number of carbonyl (C=O) groups is 1. The van der Waals surface area contributed by atoms with E-state index in [1.54, 1.807) is 7.11 Å². The van der Waals surface area contributed by atoms with Crippen molar-refractivity contribution in [3.63, 3.8) is 0 Å². The fourth-order valence-corrected chi connectivity index (χ4v) is 4.02. The highest BCUT2D eigenvalue weighted by Gasteiger charge is 2.12. The van der Waals surface area contributed by atoms with Gasteiger partial charge in [-0.2, -0.15) is 0 Å². The summed E-state index contributed by atoms with van der Waals surface area (Å²) in [5, 5.41) is 4.96. The number of methoxy groups -OCH3 is 1. The van der Waals surface area contributed by atoms with Crippen LogP contribution < -0.4 is 10.1 Å². The molecule has 7 heteroatoms. The highest BCUT2D eigenvalue weighted by molar-refractivity contribution is 9.10. The van der Waals surface area contributed by atoms with Gasteiger partial charge >= 0.3 is 0 Å². The van der Waals surface area contributed by atoms with Crippen LogP contribution in [0.25, 0.3) is 16.2 Å². The molecule has 2 aromatic heterocycles. The molecule has 4 aromatic rings. The number of aromatic nitrogens is 2. The van der Waals surface area contributed by atoms with Gasteiger partial charge in [-0.1, -0.05) is 28.1 Å². The van der Waals surface area contributed by atoms with E-state index in [0.29, 0.717) is 13.0 Å². The molecule has 0 unspecified atom stereocenters. The highest BCUT2D eigenvalue weighted by atomic mass is 79.9. The number of ether oxygens (including phenoxy) is 1. The van der Waals surface area contributed by atoms with Crippen LogP contribution in [0.3, 0.4) is 0 Å². The number of imidazole rings is 1. The lowest BCUT2D eigenvalue weighted by molar-refractivity contribution is -0.120. The van der Waals surface area contributed by atoms with Gasteiger partial charge in [-0.25, -0.2) is 4.98 Å². The number of carbonyl (C=O) groups excluding carboxylic acids is 1. The molecule has 0 atom stereocenters. The normalized spacial score (nSPS) is 10.9. The number of rotatable bonds is 6. The van der Waals surface area contributed by atoms with Crippen molar-refractivity contribution in [2.75, 3.05) is 7.11 Å². The highest BCUT2D eigenvalue weighted by Crippen LogP contribution is 2.25. The molecule has 0 radical (unpaired) electrons. The van der Waals surface area contributed by atoms with Crippen LogP contribution in [0.4, 0.5) is 0 Å². The van der Waals surface area contributed by atoms with Crippen LogP contribution in [0.5, 0.6) is 5.75 Å². The summed E-state index contributed by atoms with van der Waals surface area (Å²) < 4.78 is 8.22. The Bertz CT molecular complexity index is 1100. The molecule has 0 saturated carbocycles. The average molecular weight is 456 g/mol. The number of nitrogens with one attached hydrogen (secondary N) is 1. The van der Waals surface area contributed by atoms with Gasteiger partial charge in [0.15, 0.2) is 4.96 Å². The van der Waals surface area contributed by atoms with E-state index in [4.69, 9.17) is 4.74 Å². The Morgan fingerprint density at radius 3 is 2.64 bits per heavy atom. The third-order valence-electron chi connectivity index (χ3n) is 4.41. The van der Waals surface area contributed by atoms with Crippen LogP contribution in [-0.4, -0.2) is 22.4 Å². The van der Waals surface area contributed by atoms with E-state index in [0.717, 1.165) is 37.7 Å². The SMILES string of the molecule is COc1ccc(-c2cn3c(CC(=O)NCc4ccc(Br)cc4)csc3n2)cc1. The largest absolute Gasteiger partial charge is 0.497 e. The molecule has 0 spiro atoms. The maximum atomic E-state index is 12.4. The Hall–Kier alpha value is -2.64. The Balaban J connectivity index is 1.45. The van der Waals surface area contributed by atoms with E-state index >= 15 is 0 Å². The standard InChI is InChI=1S/C21H18BrN3O2S/c1-27-18-8-4-15(5-9-18)19-12-25-17(13-28-21(25)24-19)10-20(26)23-11-14-2-6-16(22)7-3-14/h2-9,12-13H,10-11H2,1H3,(H,23,26). The molecule has 142 valence electrons. The Kier molecular flexibility index (Phi) is 5.45. The quantitative estimate of drug-likeness (QED) is 0.458. The van der Waals surface area contributed by atoms with Crippen LogP contribution in [0.1, 0.15) is 11.3 Å². The minimum atomic E-state index is -0.0117. The Labute approximate surface area is 175 Å². The summed E-state index contributed by atoms with van der Waals surface area (Å²) in [5.74, 6) is 0.801. The van der Waals surface area contributed by atoms with Crippen LogP contribution in [0, 0.1) is 0 Å². The summed E-state index contributed by atoms with van der Waals surface area (Å²) in [6.07, 6.45) is 2.29. The van der Waals surface area contributed by atoms with Crippen molar-refractivity contribution in [2.24, 2.45) is 0 Å². The third kappa shape index (κ3) is 4.10. The monoisotopic (exact) mass is 455 g/mol. The van der Waals surface area contributed by atoms with Gasteiger partial charge < -0.3 is 10.1 Å². The van der Waals surface area contributed by atoms with E-state index in [9.17, 15) is 4.79 Å². The molecule has 1 N–H and O–H groups in total. The summed E-state index contributed by atoms with van der Waals surface area (Å²) in [4.78, 5) is 17.9. The number of halogens is 1. The zero-order chi connectivity index (χ0) is 19.5. The summed E-state index contributed by atoms with van der Waals surface area (Å²) in [6.45, 7) is 0.514. The molecule has 4 rings (SSSR count). The van der Waals surface area contributed by atoms with Gasteiger partial charge in [-0.05, 0) is 42.0 Å². The molecule has 5 nitrogen and oxygen atoms in total. The van der Waals surface area contributed by atoms with Crippen molar-refractivity contribution in [1.82, 2.24) is 14.7 Å². The first-order chi connectivity index (χ1) is 13.6. The van der Waals surface area contributed by atoms with Crippen molar-refractivity contribution in [2.45, 2.75) is 13.0 Å². The summed E-state index contributed by atoms with van der Waals surface area (Å²) in [5.41, 5.74) is 3.89. The van der Waals surface area contributed by atoms with Gasteiger partial charge in [0.05, 0.1) is 19.2 Å². The molecule has 0 aliphatic carbocycles. The molecular weight excluding hydrogens is 438 g/mol. The second-order valence-electron chi connectivity index (χ2n) is 6.31. The number of benzene rings is 2. The zero-order valence-corrected chi connectivity index (χ0v) is 17.6. The van der Waals surface area contributed by atoms with Crippen molar-refractivity contribution in [1.29, 1.82) is 0 Å². The molecule has 0 aliphatic rings. The number of fused-ring (bicyclic) bond motifs is 1. The first-order valence-corrected chi connectivity index (χ1v) is 10.4. The van der Waals surface area contributed by atoms with Gasteiger partial charge in [0, 0.05) is 33.9 Å². The molecule has 0 saturated heterocycles. The van der Waals surface area contributed by atoms with E-state index in [1.807, 2.05) is 64.5 Å². The summed E-state index contributed by atoms with van der Waals surface area (Å²) in [6, 6.07) is 15.7. The molecule has 0 bridgehead atoms. The lowest BCUT2D eigenvalue weighted by Gasteiger charge is -2.05. The Morgan fingerprint density at radius 1 is 1.18 bits per heavy atom. The fourth-order valence-electron chi connectivity index (χ4n) is 2.89. The number of hydrogen-bond donors (Lipinski definition) is 1. The second kappa shape index (κ2) is 8.16. The smallest absolute Gasteiger partial charge is 0.226 e. The van der Waals surface area contributed by atoms with Crippen molar-refractivity contribution in [3.8, 4) is 17.0 Å². The summed E-state index contributed by atoms with van der Waals surface area (Å²) >= 11 is 4.95. The molecule has 1 amide bonds. The number of nitrogens with zero attached hydrogens (tertiary/aromatic N) is 2. The molecule has 0 fully saturated rings. The number of amides is 1. The first kappa shape index (κ1) is 18.7. The lowest BCUT2D eigenvalue weighted by atomic mass is 10.2. The van der Waals surface area contributed by atoms with Gasteiger partial charge in [-0.3, -0.25) is 9.20 Å². The fraction of sp³-hybridized carbons (Fsp3) is 0.143. The molecule has 28 heavy (non-hydrogen) atoms. The summed E-state index contributed by atoms with van der Waals surface area (Å²) in [7, 11) is 1.65. The number of hydrogen-bond acceptors (Lipinski definition) is 4. The maximum Gasteiger partial charge on any atom is 0.226 e. The van der Waals surface area contributed by atoms with E-state index in [-0.39, 0.29) is 5.91 Å². The van der Waals surface area contributed by atoms with E-state index < -0.39 is 0 Å². The third-order valence-corrected chi connectivity index (χ3v) is 5.83. The van der Waals surface area contributed by atoms with E-state index in [1.165, 1.54) is 11.3 Å². The van der Waals surface area contributed by atoms with Crippen LogP contribution in [0.2, 0.25) is 0 Å². The predicted octanol–water partition coefficient (Wildman–Crippen LogP) is 4.69. The second-order valence-corrected chi connectivity index (χ2v) is 8.07. The number of thiazole rings is 1. The van der Waals surface area contributed by atoms with E-state index in [2.05, 4.69) is 26.2 Å². The minimum absolute atomic E-state index is 0.0117. The zero-order valence-electron chi connectivity index (χ0n) is 15.2. The maximum absolute atomic E-state index is 12.4. The van der Waals surface area contributed by atoms with Gasteiger partial charge in [0.2, 0.25) is 5.91 Å². The van der Waals surface area contributed by atoms with Crippen molar-refractivity contribution in [3.05, 3.63) is 75.8 Å². The Morgan fingerprint density at radius 2 is 1.93 bits per heavy atom. The first-order valence-electron chi connectivity index (χ1n) is 8.73. The molecular formula is C21H18BrN3O2S. The molecule has 2 heterocycles. The predicted molar refractivity (Wildman–Crippen MR) is 115 cm³/mol. The molecule has 0 aliphatic heterocycles. The average Bonchev–Trinajstić information content (AvgIpc) is 3.30. The topological polar surface area (TPSA) is 55.6 Å². The molecule has 2 aromatic carbocycles. The minimum Gasteiger partial charge on any atom is -0.497 e. The van der Waals surface area contributed by atoms with Crippen LogP contribution in [0.15, 0.2) is 64.6 Å².